The van der Waals surface area contributed by atoms with E-state index in [9.17, 15) is 0 Å². The zero-order valence-corrected chi connectivity index (χ0v) is 11.4. The van der Waals surface area contributed by atoms with E-state index in [2.05, 4.69) is 35.1 Å². The number of pyridine rings is 1. The Labute approximate surface area is 109 Å². The number of nitrogens with zero attached hydrogens (tertiary/aromatic N) is 2. The molecule has 0 unspecified atom stereocenters. The highest BCUT2D eigenvalue weighted by Gasteiger charge is 2.11. The SMILES string of the molecule is CC(C)COc1cccc(N2CCCNCC2)n1. The predicted molar refractivity (Wildman–Crippen MR) is 74.3 cm³/mol. The van der Waals surface area contributed by atoms with Crippen LogP contribution in [0.25, 0.3) is 0 Å². The van der Waals surface area contributed by atoms with E-state index < -0.39 is 0 Å². The van der Waals surface area contributed by atoms with E-state index in [4.69, 9.17) is 4.74 Å². The van der Waals surface area contributed by atoms with Crippen LogP contribution in [0.1, 0.15) is 20.3 Å². The van der Waals surface area contributed by atoms with Crippen molar-refractivity contribution in [1.82, 2.24) is 10.3 Å². The van der Waals surface area contributed by atoms with E-state index in [0.717, 1.165) is 44.5 Å². The molecule has 0 saturated carbocycles. The standard InChI is InChI=1S/C14H23N3O/c1-12(2)11-18-14-6-3-5-13(16-14)17-9-4-7-15-8-10-17/h3,5-6,12,15H,4,7-11H2,1-2H3. The van der Waals surface area contributed by atoms with Crippen LogP contribution < -0.4 is 15.0 Å². The number of anilines is 1. The molecule has 1 aromatic rings. The Balaban J connectivity index is 2.01. The number of rotatable bonds is 4. The Kier molecular flexibility index (Phi) is 4.81. The minimum atomic E-state index is 0.526. The maximum absolute atomic E-state index is 5.68. The van der Waals surface area contributed by atoms with Gasteiger partial charge in [-0.05, 0) is 24.9 Å². The first-order valence-corrected chi connectivity index (χ1v) is 6.81. The van der Waals surface area contributed by atoms with Crippen LogP contribution in [-0.2, 0) is 0 Å². The average molecular weight is 249 g/mol. The number of aromatic nitrogens is 1. The van der Waals surface area contributed by atoms with Gasteiger partial charge in [-0.25, -0.2) is 0 Å². The van der Waals surface area contributed by atoms with Crippen molar-refractivity contribution in [2.75, 3.05) is 37.7 Å². The molecule has 2 heterocycles. The molecule has 1 N–H and O–H groups in total. The molecular weight excluding hydrogens is 226 g/mol. The molecule has 1 aliphatic heterocycles. The van der Waals surface area contributed by atoms with Crippen LogP contribution >= 0.6 is 0 Å². The minimum absolute atomic E-state index is 0.526. The summed E-state index contributed by atoms with van der Waals surface area (Å²) in [6, 6.07) is 6.02. The second-order valence-corrected chi connectivity index (χ2v) is 5.13. The predicted octanol–water partition coefficient (Wildman–Crippen LogP) is 1.92. The van der Waals surface area contributed by atoms with Gasteiger partial charge >= 0.3 is 0 Å². The largest absolute Gasteiger partial charge is 0.477 e. The van der Waals surface area contributed by atoms with E-state index in [1.54, 1.807) is 0 Å². The molecule has 18 heavy (non-hydrogen) atoms. The summed E-state index contributed by atoms with van der Waals surface area (Å²) < 4.78 is 5.68. The van der Waals surface area contributed by atoms with Gasteiger partial charge in [0.2, 0.25) is 5.88 Å². The van der Waals surface area contributed by atoms with Gasteiger partial charge in [-0.15, -0.1) is 0 Å². The molecule has 0 spiro atoms. The van der Waals surface area contributed by atoms with Crippen LogP contribution in [0.15, 0.2) is 18.2 Å². The third-order valence-corrected chi connectivity index (χ3v) is 2.94. The summed E-state index contributed by atoms with van der Waals surface area (Å²) in [5.74, 6) is 2.29. The van der Waals surface area contributed by atoms with Crippen molar-refractivity contribution >= 4 is 5.82 Å². The third-order valence-electron chi connectivity index (χ3n) is 2.94. The van der Waals surface area contributed by atoms with Gasteiger partial charge < -0.3 is 15.0 Å². The van der Waals surface area contributed by atoms with E-state index in [-0.39, 0.29) is 0 Å². The van der Waals surface area contributed by atoms with Crippen molar-refractivity contribution in [2.24, 2.45) is 5.92 Å². The third kappa shape index (κ3) is 3.88. The maximum Gasteiger partial charge on any atom is 0.215 e. The van der Waals surface area contributed by atoms with Crippen LogP contribution in [-0.4, -0.2) is 37.8 Å². The summed E-state index contributed by atoms with van der Waals surface area (Å²) in [5, 5.41) is 3.40. The van der Waals surface area contributed by atoms with Gasteiger partial charge in [0.05, 0.1) is 6.61 Å². The number of ether oxygens (including phenoxy) is 1. The van der Waals surface area contributed by atoms with Crippen molar-refractivity contribution in [3.8, 4) is 5.88 Å². The number of hydrogen-bond acceptors (Lipinski definition) is 4. The Morgan fingerprint density at radius 3 is 3.06 bits per heavy atom. The van der Waals surface area contributed by atoms with Crippen LogP contribution in [0.5, 0.6) is 5.88 Å². The lowest BCUT2D eigenvalue weighted by Crippen LogP contribution is -2.28. The van der Waals surface area contributed by atoms with Crippen molar-refractivity contribution in [2.45, 2.75) is 20.3 Å². The van der Waals surface area contributed by atoms with Crippen molar-refractivity contribution in [1.29, 1.82) is 0 Å². The van der Waals surface area contributed by atoms with Crippen LogP contribution in [0.2, 0.25) is 0 Å². The second-order valence-electron chi connectivity index (χ2n) is 5.13. The summed E-state index contributed by atoms with van der Waals surface area (Å²) in [7, 11) is 0. The molecule has 1 aliphatic rings. The van der Waals surface area contributed by atoms with E-state index in [1.165, 1.54) is 6.42 Å². The molecule has 4 nitrogen and oxygen atoms in total. The van der Waals surface area contributed by atoms with Crippen molar-refractivity contribution in [3.05, 3.63) is 18.2 Å². The summed E-state index contributed by atoms with van der Waals surface area (Å²) in [6.45, 7) is 9.21. The highest BCUT2D eigenvalue weighted by Crippen LogP contribution is 2.17. The van der Waals surface area contributed by atoms with Gasteiger partial charge in [-0.1, -0.05) is 19.9 Å². The van der Waals surface area contributed by atoms with Crippen LogP contribution in [0, 0.1) is 5.92 Å². The zero-order valence-electron chi connectivity index (χ0n) is 11.4. The lowest BCUT2D eigenvalue weighted by Gasteiger charge is -2.21. The highest BCUT2D eigenvalue weighted by molar-refractivity contribution is 5.40. The van der Waals surface area contributed by atoms with E-state index in [0.29, 0.717) is 5.92 Å². The fraction of sp³-hybridized carbons (Fsp3) is 0.643. The van der Waals surface area contributed by atoms with Crippen LogP contribution in [0.3, 0.4) is 0 Å². The lowest BCUT2D eigenvalue weighted by molar-refractivity contribution is 0.261. The Morgan fingerprint density at radius 2 is 2.22 bits per heavy atom. The van der Waals surface area contributed by atoms with Crippen molar-refractivity contribution < 1.29 is 4.74 Å². The molecule has 100 valence electrons. The number of hydrogen-bond donors (Lipinski definition) is 1. The van der Waals surface area contributed by atoms with Gasteiger partial charge in [-0.2, -0.15) is 4.98 Å². The Bertz CT molecular complexity index is 360. The first kappa shape index (κ1) is 13.1. The molecule has 4 heteroatoms. The Hall–Kier alpha value is -1.29. The van der Waals surface area contributed by atoms with Crippen LogP contribution in [0.4, 0.5) is 5.82 Å². The molecule has 0 atom stereocenters. The molecule has 1 fully saturated rings. The molecule has 0 radical (unpaired) electrons. The maximum atomic E-state index is 5.68. The summed E-state index contributed by atoms with van der Waals surface area (Å²) in [4.78, 5) is 6.91. The van der Waals surface area contributed by atoms with Gasteiger partial charge in [0.1, 0.15) is 5.82 Å². The van der Waals surface area contributed by atoms with Gasteiger partial charge in [0.25, 0.3) is 0 Å². The van der Waals surface area contributed by atoms with Gasteiger partial charge in [0.15, 0.2) is 0 Å². The first-order chi connectivity index (χ1) is 8.75. The lowest BCUT2D eigenvalue weighted by atomic mass is 10.2. The van der Waals surface area contributed by atoms with Gasteiger partial charge in [-0.3, -0.25) is 0 Å². The highest BCUT2D eigenvalue weighted by atomic mass is 16.5. The first-order valence-electron chi connectivity index (χ1n) is 6.81. The molecule has 0 bridgehead atoms. The summed E-state index contributed by atoms with van der Waals surface area (Å²) in [5.41, 5.74) is 0. The molecule has 0 amide bonds. The summed E-state index contributed by atoms with van der Waals surface area (Å²) in [6.07, 6.45) is 1.17. The zero-order chi connectivity index (χ0) is 12.8. The molecular formula is C14H23N3O. The minimum Gasteiger partial charge on any atom is -0.477 e. The average Bonchev–Trinajstić information content (AvgIpc) is 2.65. The fourth-order valence-corrected chi connectivity index (χ4v) is 1.99. The number of nitrogens with one attached hydrogen (secondary N) is 1. The topological polar surface area (TPSA) is 37.4 Å². The monoisotopic (exact) mass is 249 g/mol. The fourth-order valence-electron chi connectivity index (χ4n) is 1.99. The Morgan fingerprint density at radius 1 is 1.33 bits per heavy atom. The van der Waals surface area contributed by atoms with E-state index >= 15 is 0 Å². The van der Waals surface area contributed by atoms with Crippen molar-refractivity contribution in [3.63, 3.8) is 0 Å². The second kappa shape index (κ2) is 6.59. The molecule has 0 aliphatic carbocycles. The smallest absolute Gasteiger partial charge is 0.215 e. The summed E-state index contributed by atoms with van der Waals surface area (Å²) >= 11 is 0. The molecule has 1 saturated heterocycles. The van der Waals surface area contributed by atoms with Gasteiger partial charge in [0, 0.05) is 25.7 Å². The molecule has 1 aromatic heterocycles. The normalized spacial score (nSPS) is 16.7. The molecule has 2 rings (SSSR count). The quantitative estimate of drug-likeness (QED) is 0.884. The molecule has 0 aromatic carbocycles. The van der Waals surface area contributed by atoms with E-state index in [1.807, 2.05) is 12.1 Å².